The summed E-state index contributed by atoms with van der Waals surface area (Å²) in [5.74, 6) is -1.79. The van der Waals surface area contributed by atoms with Gasteiger partial charge in [-0.3, -0.25) is 28.8 Å². The monoisotopic (exact) mass is 385 g/mol. The van der Waals surface area contributed by atoms with E-state index in [1.54, 1.807) is 18.2 Å². The van der Waals surface area contributed by atoms with Crippen molar-refractivity contribution in [3.8, 4) is 5.69 Å². The van der Waals surface area contributed by atoms with E-state index < -0.39 is 32.4 Å². The van der Waals surface area contributed by atoms with Crippen LogP contribution in [-0.4, -0.2) is 29.4 Å². The third-order valence-corrected chi connectivity index (χ3v) is 5.21. The first-order valence-corrected chi connectivity index (χ1v) is 9.05. The van der Waals surface area contributed by atoms with Gasteiger partial charge in [0.15, 0.2) is 0 Å². The highest BCUT2D eigenvalue weighted by Crippen LogP contribution is 2.31. The van der Waals surface area contributed by atoms with Gasteiger partial charge in [0.05, 0.1) is 16.8 Å². The number of benzene rings is 2. The third kappa shape index (κ3) is 2.42. The minimum atomic E-state index is -4.61. The van der Waals surface area contributed by atoms with E-state index in [2.05, 4.69) is 5.32 Å². The minimum absolute atomic E-state index is 0.0539. The van der Waals surface area contributed by atoms with Crippen molar-refractivity contribution in [3.05, 3.63) is 63.9 Å². The molecule has 4 N–H and O–H groups in total. The zero-order valence-electron chi connectivity index (χ0n) is 13.5. The average molecular weight is 385 g/mol. The van der Waals surface area contributed by atoms with E-state index in [4.69, 9.17) is 5.73 Å². The van der Waals surface area contributed by atoms with Crippen LogP contribution in [0, 0.1) is 0 Å². The number of hydrogen-bond acceptors (Lipinski definition) is 6. The fourth-order valence-electron chi connectivity index (χ4n) is 3.22. The Kier molecular flexibility index (Phi) is 3.45. The van der Waals surface area contributed by atoms with Crippen molar-refractivity contribution in [2.24, 2.45) is 0 Å². The third-order valence-electron chi connectivity index (χ3n) is 4.32. The van der Waals surface area contributed by atoms with Gasteiger partial charge in [0.1, 0.15) is 10.7 Å². The number of nitrogen functional groups attached to an aromatic ring is 1. The van der Waals surface area contributed by atoms with Crippen LogP contribution in [0.2, 0.25) is 0 Å². The van der Waals surface area contributed by atoms with Gasteiger partial charge in [-0.25, -0.2) is 0 Å². The Hall–Kier alpha value is -3.50. The molecule has 9 nitrogen and oxygen atoms in total. The number of imide groups is 1. The molecular weight excluding hydrogens is 374 g/mol. The first kappa shape index (κ1) is 16.9. The Morgan fingerprint density at radius 1 is 1.00 bits per heavy atom. The highest BCUT2D eigenvalue weighted by atomic mass is 32.2. The number of anilines is 1. The largest absolute Gasteiger partial charge is 0.384 e. The average Bonchev–Trinajstić information content (AvgIpc) is 2.87. The number of nitrogens with one attached hydrogen (secondary N) is 1. The van der Waals surface area contributed by atoms with E-state index >= 15 is 0 Å². The molecule has 0 bridgehead atoms. The first-order valence-electron chi connectivity index (χ1n) is 7.61. The number of carbonyl (C=O) groups is 2. The smallest absolute Gasteiger partial charge is 0.295 e. The summed E-state index contributed by atoms with van der Waals surface area (Å²) in [6.45, 7) is 0. The number of amides is 2. The van der Waals surface area contributed by atoms with Crippen LogP contribution in [0.15, 0.2) is 52.2 Å². The fourth-order valence-corrected chi connectivity index (χ4v) is 3.95. The molecule has 1 aliphatic rings. The van der Waals surface area contributed by atoms with Crippen molar-refractivity contribution in [2.75, 3.05) is 5.73 Å². The molecule has 2 aromatic carbocycles. The van der Waals surface area contributed by atoms with Crippen molar-refractivity contribution in [1.82, 2.24) is 9.88 Å². The van der Waals surface area contributed by atoms with Gasteiger partial charge in [-0.15, -0.1) is 0 Å². The molecule has 2 amide bonds. The standard InChI is InChI=1S/C17H11N3O6S/c18-15-14-9(16(22)19-17(14)23)7-12(21)20(15)10-5-1-3-8-4-2-6-11(13(8)10)27(24,25)26/h1-7H,18H2,(H,19,22,23)(H,24,25,26). The number of rotatable bonds is 2. The van der Waals surface area contributed by atoms with Crippen LogP contribution >= 0.6 is 0 Å². The SMILES string of the molecule is Nc1c2c(cc(=O)n1-c1cccc3cccc(S(=O)(=O)O)c13)C(=O)NC2=O. The lowest BCUT2D eigenvalue weighted by atomic mass is 10.1. The van der Waals surface area contributed by atoms with Crippen LogP contribution in [0.4, 0.5) is 5.82 Å². The van der Waals surface area contributed by atoms with Crippen LogP contribution in [0.5, 0.6) is 0 Å². The van der Waals surface area contributed by atoms with Crippen LogP contribution < -0.4 is 16.6 Å². The summed E-state index contributed by atoms with van der Waals surface area (Å²) in [5, 5.41) is 2.54. The fraction of sp³-hybridized carbons (Fsp3) is 0. The molecule has 4 rings (SSSR count). The Morgan fingerprint density at radius 3 is 2.33 bits per heavy atom. The predicted molar refractivity (Wildman–Crippen MR) is 95.6 cm³/mol. The zero-order chi connectivity index (χ0) is 19.5. The molecule has 3 aromatic rings. The molecule has 0 fully saturated rings. The van der Waals surface area contributed by atoms with Gasteiger partial charge in [0, 0.05) is 11.5 Å². The molecule has 0 radical (unpaired) electrons. The Balaban J connectivity index is 2.18. The van der Waals surface area contributed by atoms with Gasteiger partial charge in [-0.2, -0.15) is 8.42 Å². The second kappa shape index (κ2) is 5.50. The molecule has 2 heterocycles. The van der Waals surface area contributed by atoms with E-state index in [0.29, 0.717) is 5.39 Å². The molecule has 0 saturated heterocycles. The Morgan fingerprint density at radius 2 is 1.67 bits per heavy atom. The zero-order valence-corrected chi connectivity index (χ0v) is 14.3. The second-order valence-corrected chi connectivity index (χ2v) is 7.27. The van der Waals surface area contributed by atoms with Crippen LogP contribution in [0.1, 0.15) is 20.7 Å². The lowest BCUT2D eigenvalue weighted by Crippen LogP contribution is -2.24. The molecule has 0 spiro atoms. The van der Waals surface area contributed by atoms with Gasteiger partial charge >= 0.3 is 0 Å². The molecule has 1 aromatic heterocycles. The van der Waals surface area contributed by atoms with Gasteiger partial charge in [0.2, 0.25) is 0 Å². The van der Waals surface area contributed by atoms with Crippen LogP contribution in [0.3, 0.4) is 0 Å². The molecule has 0 atom stereocenters. The molecule has 1 aliphatic heterocycles. The van der Waals surface area contributed by atoms with Gasteiger partial charge < -0.3 is 5.73 Å². The normalized spacial score (nSPS) is 13.7. The van der Waals surface area contributed by atoms with Gasteiger partial charge in [0.25, 0.3) is 27.5 Å². The number of pyridine rings is 1. The molecule has 0 unspecified atom stereocenters. The topological polar surface area (TPSA) is 149 Å². The van der Waals surface area contributed by atoms with E-state index in [-0.39, 0.29) is 28.0 Å². The molecule has 136 valence electrons. The minimum Gasteiger partial charge on any atom is -0.384 e. The highest BCUT2D eigenvalue weighted by molar-refractivity contribution is 7.86. The lowest BCUT2D eigenvalue weighted by molar-refractivity contribution is 0.0880. The molecular formula is C17H11N3O6S. The maximum absolute atomic E-state index is 12.6. The van der Waals surface area contributed by atoms with E-state index in [0.717, 1.165) is 10.6 Å². The summed E-state index contributed by atoms with van der Waals surface area (Å²) < 4.78 is 34.1. The Bertz CT molecular complexity index is 1340. The number of carbonyl (C=O) groups excluding carboxylic acids is 2. The summed E-state index contributed by atoms with van der Waals surface area (Å²) in [7, 11) is -4.61. The van der Waals surface area contributed by atoms with Gasteiger partial charge in [-0.05, 0) is 17.5 Å². The van der Waals surface area contributed by atoms with E-state index in [1.165, 1.54) is 18.2 Å². The van der Waals surface area contributed by atoms with Crippen molar-refractivity contribution in [1.29, 1.82) is 0 Å². The number of fused-ring (bicyclic) bond motifs is 2. The summed E-state index contributed by atoms with van der Waals surface area (Å²) in [5.41, 5.74) is 5.02. The van der Waals surface area contributed by atoms with E-state index in [9.17, 15) is 27.4 Å². The summed E-state index contributed by atoms with van der Waals surface area (Å²) >= 11 is 0. The maximum atomic E-state index is 12.6. The number of hydrogen-bond donors (Lipinski definition) is 3. The van der Waals surface area contributed by atoms with Gasteiger partial charge in [-0.1, -0.05) is 24.3 Å². The molecule has 27 heavy (non-hydrogen) atoms. The number of nitrogens with two attached hydrogens (primary N) is 1. The Labute approximate surface area is 151 Å². The van der Waals surface area contributed by atoms with Crippen molar-refractivity contribution in [2.45, 2.75) is 4.90 Å². The molecule has 0 saturated carbocycles. The van der Waals surface area contributed by atoms with Crippen molar-refractivity contribution >= 4 is 38.5 Å². The summed E-state index contributed by atoms with van der Waals surface area (Å²) in [6.07, 6.45) is 0. The summed E-state index contributed by atoms with van der Waals surface area (Å²) in [6, 6.07) is 9.77. The number of nitrogens with zero attached hydrogens (tertiary/aromatic N) is 1. The van der Waals surface area contributed by atoms with Crippen molar-refractivity contribution in [3.63, 3.8) is 0 Å². The lowest BCUT2D eigenvalue weighted by Gasteiger charge is -2.15. The first-order chi connectivity index (χ1) is 12.7. The highest BCUT2D eigenvalue weighted by Gasteiger charge is 2.32. The predicted octanol–water partition coefficient (Wildman–Crippen LogP) is 0.703. The number of aromatic nitrogens is 1. The van der Waals surface area contributed by atoms with Crippen LogP contribution in [0.25, 0.3) is 16.5 Å². The molecule has 0 aliphatic carbocycles. The quantitative estimate of drug-likeness (QED) is 0.434. The van der Waals surface area contributed by atoms with E-state index in [1.807, 2.05) is 0 Å². The molecule has 10 heteroatoms. The maximum Gasteiger partial charge on any atom is 0.295 e. The second-order valence-electron chi connectivity index (χ2n) is 5.88. The summed E-state index contributed by atoms with van der Waals surface area (Å²) in [4.78, 5) is 36.0. The van der Waals surface area contributed by atoms with Crippen molar-refractivity contribution < 1.29 is 22.6 Å². The van der Waals surface area contributed by atoms with Crippen LogP contribution in [-0.2, 0) is 10.1 Å².